The Bertz CT molecular complexity index is 526. The van der Waals surface area contributed by atoms with Crippen LogP contribution in [0.5, 0.6) is 0 Å². The second-order valence-corrected chi connectivity index (χ2v) is 4.66. The first kappa shape index (κ1) is 13.7. The van der Waals surface area contributed by atoms with Crippen LogP contribution in [0.1, 0.15) is 22.7 Å². The zero-order valence-electron chi connectivity index (χ0n) is 11.1. The lowest BCUT2D eigenvalue weighted by atomic mass is 10.0. The quantitative estimate of drug-likeness (QED) is 0.865. The number of aryl methyl sites for hydroxylation is 1. The molecule has 1 atom stereocenters. The summed E-state index contributed by atoms with van der Waals surface area (Å²) in [7, 11) is 0. The lowest BCUT2D eigenvalue weighted by Gasteiger charge is -2.19. The predicted molar refractivity (Wildman–Crippen MR) is 76.2 cm³/mol. The molecule has 0 aliphatic rings. The van der Waals surface area contributed by atoms with E-state index >= 15 is 0 Å². The molecule has 0 aliphatic carbocycles. The summed E-state index contributed by atoms with van der Waals surface area (Å²) in [6.45, 7) is 3.14. The SMILES string of the molecule is Cc1ccc(F)cc1C(CN)NCc1ccccc1. The van der Waals surface area contributed by atoms with Gasteiger partial charge in [0.1, 0.15) is 5.82 Å². The van der Waals surface area contributed by atoms with Crippen LogP contribution in [-0.2, 0) is 6.54 Å². The molecule has 2 nitrogen and oxygen atoms in total. The predicted octanol–water partition coefficient (Wildman–Crippen LogP) is 2.92. The molecule has 3 N–H and O–H groups in total. The fraction of sp³-hybridized carbons (Fsp3) is 0.250. The molecule has 0 radical (unpaired) electrons. The highest BCUT2D eigenvalue weighted by Gasteiger charge is 2.12. The van der Waals surface area contributed by atoms with Gasteiger partial charge >= 0.3 is 0 Å². The third-order valence-electron chi connectivity index (χ3n) is 3.25. The van der Waals surface area contributed by atoms with Crippen LogP contribution in [0, 0.1) is 12.7 Å². The first-order valence-corrected chi connectivity index (χ1v) is 6.44. The summed E-state index contributed by atoms with van der Waals surface area (Å²) in [6.07, 6.45) is 0. The summed E-state index contributed by atoms with van der Waals surface area (Å²) in [6, 6.07) is 14.9. The van der Waals surface area contributed by atoms with E-state index in [9.17, 15) is 4.39 Å². The number of nitrogens with one attached hydrogen (secondary N) is 1. The summed E-state index contributed by atoms with van der Waals surface area (Å²) >= 11 is 0. The molecule has 2 rings (SSSR count). The maximum atomic E-state index is 13.3. The van der Waals surface area contributed by atoms with Gasteiger partial charge in [-0.05, 0) is 35.7 Å². The molecule has 0 fully saturated rings. The minimum absolute atomic E-state index is 0.0316. The van der Waals surface area contributed by atoms with Crippen LogP contribution < -0.4 is 11.1 Å². The molecule has 19 heavy (non-hydrogen) atoms. The molecular weight excluding hydrogens is 239 g/mol. The lowest BCUT2D eigenvalue weighted by molar-refractivity contribution is 0.533. The summed E-state index contributed by atoms with van der Waals surface area (Å²) in [4.78, 5) is 0. The van der Waals surface area contributed by atoms with Gasteiger partial charge in [0.25, 0.3) is 0 Å². The summed E-state index contributed by atoms with van der Waals surface area (Å²) in [5.41, 5.74) is 8.98. The van der Waals surface area contributed by atoms with E-state index in [1.165, 1.54) is 11.6 Å². The Kier molecular flexibility index (Phi) is 4.66. The van der Waals surface area contributed by atoms with Crippen molar-refractivity contribution in [3.63, 3.8) is 0 Å². The average Bonchev–Trinajstić information content (AvgIpc) is 2.44. The van der Waals surface area contributed by atoms with Crippen molar-refractivity contribution in [2.75, 3.05) is 6.54 Å². The van der Waals surface area contributed by atoms with Crippen LogP contribution in [0.2, 0.25) is 0 Å². The Hall–Kier alpha value is -1.71. The highest BCUT2D eigenvalue weighted by Crippen LogP contribution is 2.18. The summed E-state index contributed by atoms with van der Waals surface area (Å²) in [5, 5.41) is 3.38. The van der Waals surface area contributed by atoms with Gasteiger partial charge in [-0.3, -0.25) is 0 Å². The van der Waals surface area contributed by atoms with Crippen molar-refractivity contribution < 1.29 is 4.39 Å². The molecule has 2 aromatic carbocycles. The van der Waals surface area contributed by atoms with Crippen molar-refractivity contribution in [2.45, 2.75) is 19.5 Å². The smallest absolute Gasteiger partial charge is 0.123 e. The van der Waals surface area contributed by atoms with E-state index in [2.05, 4.69) is 17.4 Å². The normalized spacial score (nSPS) is 12.4. The monoisotopic (exact) mass is 258 g/mol. The van der Waals surface area contributed by atoms with Crippen molar-refractivity contribution in [3.05, 3.63) is 71.0 Å². The van der Waals surface area contributed by atoms with Gasteiger partial charge in [0.15, 0.2) is 0 Å². The molecule has 2 aromatic rings. The minimum atomic E-state index is -0.222. The van der Waals surface area contributed by atoms with E-state index in [0.29, 0.717) is 6.54 Å². The molecule has 0 bridgehead atoms. The highest BCUT2D eigenvalue weighted by atomic mass is 19.1. The maximum Gasteiger partial charge on any atom is 0.123 e. The van der Waals surface area contributed by atoms with Crippen molar-refractivity contribution >= 4 is 0 Å². The third-order valence-corrected chi connectivity index (χ3v) is 3.25. The van der Waals surface area contributed by atoms with E-state index in [4.69, 9.17) is 5.73 Å². The highest BCUT2D eigenvalue weighted by molar-refractivity contribution is 5.30. The Morgan fingerprint density at radius 2 is 1.89 bits per heavy atom. The van der Waals surface area contributed by atoms with Crippen LogP contribution in [-0.4, -0.2) is 6.54 Å². The second kappa shape index (κ2) is 6.45. The molecule has 0 saturated heterocycles. The zero-order chi connectivity index (χ0) is 13.7. The van der Waals surface area contributed by atoms with Crippen molar-refractivity contribution in [2.24, 2.45) is 5.73 Å². The topological polar surface area (TPSA) is 38.0 Å². The molecule has 100 valence electrons. The molecule has 1 unspecified atom stereocenters. The van der Waals surface area contributed by atoms with E-state index < -0.39 is 0 Å². The van der Waals surface area contributed by atoms with Crippen LogP contribution in [0.4, 0.5) is 4.39 Å². The van der Waals surface area contributed by atoms with Gasteiger partial charge in [-0.1, -0.05) is 36.4 Å². The maximum absolute atomic E-state index is 13.3. The third kappa shape index (κ3) is 3.63. The average molecular weight is 258 g/mol. The van der Waals surface area contributed by atoms with E-state index in [0.717, 1.165) is 17.7 Å². The fourth-order valence-corrected chi connectivity index (χ4v) is 2.14. The van der Waals surface area contributed by atoms with Gasteiger partial charge in [0, 0.05) is 19.1 Å². The molecule has 0 aliphatic heterocycles. The molecule has 0 heterocycles. The van der Waals surface area contributed by atoms with Crippen molar-refractivity contribution in [1.82, 2.24) is 5.32 Å². The number of benzene rings is 2. The largest absolute Gasteiger partial charge is 0.329 e. The van der Waals surface area contributed by atoms with Crippen molar-refractivity contribution in [3.8, 4) is 0 Å². The van der Waals surface area contributed by atoms with Gasteiger partial charge in [-0.25, -0.2) is 4.39 Å². The fourth-order valence-electron chi connectivity index (χ4n) is 2.14. The van der Waals surface area contributed by atoms with Gasteiger partial charge in [0.2, 0.25) is 0 Å². The number of hydrogen-bond donors (Lipinski definition) is 2. The van der Waals surface area contributed by atoms with Gasteiger partial charge < -0.3 is 11.1 Å². The molecule has 0 aromatic heterocycles. The van der Waals surface area contributed by atoms with Crippen LogP contribution >= 0.6 is 0 Å². The Labute approximate surface area is 113 Å². The second-order valence-electron chi connectivity index (χ2n) is 4.66. The van der Waals surface area contributed by atoms with Gasteiger partial charge in [0.05, 0.1) is 0 Å². The first-order valence-electron chi connectivity index (χ1n) is 6.44. The first-order chi connectivity index (χ1) is 9.20. The molecule has 0 spiro atoms. The minimum Gasteiger partial charge on any atom is -0.329 e. The van der Waals surface area contributed by atoms with Gasteiger partial charge in [-0.2, -0.15) is 0 Å². The van der Waals surface area contributed by atoms with E-state index in [1.54, 1.807) is 12.1 Å². The summed E-state index contributed by atoms with van der Waals surface area (Å²) < 4.78 is 13.3. The zero-order valence-corrected chi connectivity index (χ0v) is 11.1. The Morgan fingerprint density at radius 1 is 1.16 bits per heavy atom. The molecule has 3 heteroatoms. The van der Waals surface area contributed by atoms with Crippen LogP contribution in [0.3, 0.4) is 0 Å². The molecular formula is C16H19FN2. The Morgan fingerprint density at radius 3 is 2.58 bits per heavy atom. The van der Waals surface area contributed by atoms with Crippen LogP contribution in [0.15, 0.2) is 48.5 Å². The van der Waals surface area contributed by atoms with E-state index in [1.807, 2.05) is 25.1 Å². The molecule has 0 amide bonds. The number of hydrogen-bond acceptors (Lipinski definition) is 2. The van der Waals surface area contributed by atoms with Crippen LogP contribution in [0.25, 0.3) is 0 Å². The Balaban J connectivity index is 2.10. The van der Waals surface area contributed by atoms with Gasteiger partial charge in [-0.15, -0.1) is 0 Å². The molecule has 0 saturated carbocycles. The van der Waals surface area contributed by atoms with Crippen molar-refractivity contribution in [1.29, 1.82) is 0 Å². The number of nitrogens with two attached hydrogens (primary N) is 1. The number of halogens is 1. The summed E-state index contributed by atoms with van der Waals surface area (Å²) in [5.74, 6) is -0.222. The standard InChI is InChI=1S/C16H19FN2/c1-12-7-8-14(17)9-15(12)16(10-18)19-11-13-5-3-2-4-6-13/h2-9,16,19H,10-11,18H2,1H3. The van der Waals surface area contributed by atoms with E-state index in [-0.39, 0.29) is 11.9 Å². The lowest BCUT2D eigenvalue weighted by Crippen LogP contribution is -2.28. The number of rotatable bonds is 5.